The number of hydrogen-bond donors (Lipinski definition) is 12. The molecule has 0 aromatic carbocycles. The summed E-state index contributed by atoms with van der Waals surface area (Å²) >= 11 is 0. The number of hydrogen-bond acceptors (Lipinski definition) is 21. The Bertz CT molecular complexity index is 1130. The van der Waals surface area contributed by atoms with Crippen LogP contribution in [0.3, 0.4) is 0 Å². The topological polar surface area (TPSA) is 349 Å². The van der Waals surface area contributed by atoms with Gasteiger partial charge in [-0.25, -0.2) is 0 Å². The van der Waals surface area contributed by atoms with E-state index in [9.17, 15) is 40.9 Å². The monoisotopic (exact) mass is 774 g/mol. The first kappa shape index (κ1) is 44.9. The maximum Gasteiger partial charge on any atom is 0.176 e. The number of ether oxygens (including phenoxy) is 9. The van der Waals surface area contributed by atoms with Gasteiger partial charge < -0.3 is 106 Å². The molecule has 53 heavy (non-hydrogen) atoms. The van der Waals surface area contributed by atoms with E-state index in [1.807, 2.05) is 0 Å². The van der Waals surface area contributed by atoms with Gasteiger partial charge in [0.05, 0.1) is 61.8 Å². The van der Waals surface area contributed by atoms with Crippen LogP contribution >= 0.6 is 0 Å². The van der Waals surface area contributed by atoms with Crippen molar-refractivity contribution in [3.8, 4) is 0 Å². The smallest absolute Gasteiger partial charge is 0.176 e. The molecule has 16 N–H and O–H groups in total. The van der Waals surface area contributed by atoms with Gasteiger partial charge in [-0.15, -0.1) is 0 Å². The van der Waals surface area contributed by atoms with Crippen LogP contribution in [0.4, 0.5) is 0 Å². The van der Waals surface area contributed by atoms with E-state index in [1.165, 1.54) is 0 Å². The molecule has 21 nitrogen and oxygen atoms in total. The van der Waals surface area contributed by atoms with Crippen molar-refractivity contribution in [2.45, 2.75) is 175 Å². The molecule has 20 atom stereocenters. The minimum Gasteiger partial charge on any atom is -0.394 e. The number of aliphatic hydroxyl groups excluding tert-OH is 8. The zero-order valence-corrected chi connectivity index (χ0v) is 30.9. The van der Waals surface area contributed by atoms with Crippen molar-refractivity contribution in [2.75, 3.05) is 26.4 Å². The van der Waals surface area contributed by atoms with Gasteiger partial charge in [-0.1, -0.05) is 0 Å². The second-order valence-electron chi connectivity index (χ2n) is 15.9. The van der Waals surface area contributed by atoms with Crippen molar-refractivity contribution in [2.24, 2.45) is 22.9 Å². The number of rotatable bonds is 12. The molecule has 4 heterocycles. The van der Waals surface area contributed by atoms with E-state index < -0.39 is 160 Å². The summed E-state index contributed by atoms with van der Waals surface area (Å²) in [5, 5.41) is 85.0. The third-order valence-electron chi connectivity index (χ3n) is 9.44. The molecule has 4 aliphatic heterocycles. The SMILES string of the molecule is CC(C)(C)OC1OC(CO)C(OC2OC(CO)C(OC3OC(CO)C(OC4OC(CO)C(OC(C)(C)C)C(O)C4N)C(O)C3N)C(O)C2N)C(O)C1N. The molecule has 4 saturated heterocycles. The highest BCUT2D eigenvalue weighted by Gasteiger charge is 2.54. The highest BCUT2D eigenvalue weighted by Crippen LogP contribution is 2.34. The molecule has 0 amide bonds. The molecule has 0 saturated carbocycles. The molecule has 312 valence electrons. The van der Waals surface area contributed by atoms with E-state index in [-0.39, 0.29) is 0 Å². The van der Waals surface area contributed by atoms with Crippen molar-refractivity contribution in [3.63, 3.8) is 0 Å². The van der Waals surface area contributed by atoms with E-state index in [2.05, 4.69) is 0 Å². The van der Waals surface area contributed by atoms with Crippen LogP contribution in [0.1, 0.15) is 41.5 Å². The van der Waals surface area contributed by atoms with Gasteiger partial charge in [-0.3, -0.25) is 0 Å². The van der Waals surface area contributed by atoms with Crippen molar-refractivity contribution in [1.82, 2.24) is 0 Å². The fraction of sp³-hybridized carbons (Fsp3) is 1.00. The Morgan fingerprint density at radius 1 is 0.415 bits per heavy atom. The molecule has 4 aliphatic rings. The van der Waals surface area contributed by atoms with Crippen LogP contribution in [0.2, 0.25) is 0 Å². The van der Waals surface area contributed by atoms with Gasteiger partial charge in [0.2, 0.25) is 0 Å². The normalized spacial score (nSPS) is 47.4. The van der Waals surface area contributed by atoms with Crippen LogP contribution in [-0.4, -0.2) is 201 Å². The van der Waals surface area contributed by atoms with E-state index in [0.29, 0.717) is 0 Å². The Kier molecular flexibility index (Phi) is 15.4. The zero-order valence-electron chi connectivity index (χ0n) is 30.9. The minimum atomic E-state index is -1.63. The molecule has 0 bridgehead atoms. The fourth-order valence-corrected chi connectivity index (χ4v) is 6.70. The second-order valence-corrected chi connectivity index (χ2v) is 15.9. The van der Waals surface area contributed by atoms with E-state index in [4.69, 9.17) is 65.6 Å². The molecule has 20 unspecified atom stereocenters. The van der Waals surface area contributed by atoms with Gasteiger partial charge in [0.15, 0.2) is 25.2 Å². The Hall–Kier alpha value is -0.840. The van der Waals surface area contributed by atoms with Crippen molar-refractivity contribution in [1.29, 1.82) is 0 Å². The van der Waals surface area contributed by atoms with Crippen molar-refractivity contribution in [3.05, 3.63) is 0 Å². The maximum absolute atomic E-state index is 11.3. The summed E-state index contributed by atoms with van der Waals surface area (Å²) in [6.45, 7) is 7.91. The predicted octanol–water partition coefficient (Wildman–Crippen LogP) is -6.24. The van der Waals surface area contributed by atoms with Gasteiger partial charge >= 0.3 is 0 Å². The third-order valence-corrected chi connectivity index (χ3v) is 9.44. The first-order chi connectivity index (χ1) is 24.7. The van der Waals surface area contributed by atoms with Gasteiger partial charge in [0.1, 0.15) is 73.2 Å². The highest BCUT2D eigenvalue weighted by atomic mass is 16.8. The molecule has 0 spiro atoms. The van der Waals surface area contributed by atoms with Gasteiger partial charge in [0, 0.05) is 0 Å². The second kappa shape index (κ2) is 18.2. The molecule has 21 heteroatoms. The fourth-order valence-electron chi connectivity index (χ4n) is 6.70. The summed E-state index contributed by atoms with van der Waals surface area (Å²) in [5.41, 5.74) is 23.6. The number of nitrogens with two attached hydrogens (primary N) is 4. The predicted molar refractivity (Wildman–Crippen MR) is 179 cm³/mol. The number of aliphatic hydroxyl groups is 8. The molecule has 0 aromatic rings. The molecule has 4 fully saturated rings. The van der Waals surface area contributed by atoms with Gasteiger partial charge in [0.25, 0.3) is 0 Å². The van der Waals surface area contributed by atoms with Crippen LogP contribution < -0.4 is 22.9 Å². The average Bonchev–Trinajstić information content (AvgIpc) is 3.08. The Labute approximate surface area is 308 Å². The molecular formula is C32H62N4O17. The lowest BCUT2D eigenvalue weighted by Gasteiger charge is -2.50. The van der Waals surface area contributed by atoms with Crippen LogP contribution in [0.25, 0.3) is 0 Å². The largest absolute Gasteiger partial charge is 0.394 e. The summed E-state index contributed by atoms with van der Waals surface area (Å²) in [6.07, 6.45) is -21.5. The van der Waals surface area contributed by atoms with Crippen molar-refractivity contribution < 1.29 is 83.5 Å². The average molecular weight is 775 g/mol. The molecule has 4 rings (SSSR count). The quantitative estimate of drug-likeness (QED) is 0.0877. The van der Waals surface area contributed by atoms with Crippen LogP contribution in [-0.2, 0) is 42.6 Å². The lowest BCUT2D eigenvalue weighted by molar-refractivity contribution is -0.362. The molecular weight excluding hydrogens is 712 g/mol. The Morgan fingerprint density at radius 3 is 0.943 bits per heavy atom. The zero-order chi connectivity index (χ0) is 39.7. The molecule has 0 radical (unpaired) electrons. The molecule has 0 aliphatic carbocycles. The van der Waals surface area contributed by atoms with Crippen molar-refractivity contribution >= 4 is 0 Å². The van der Waals surface area contributed by atoms with Crippen LogP contribution in [0, 0.1) is 0 Å². The van der Waals surface area contributed by atoms with E-state index in [1.54, 1.807) is 41.5 Å². The lowest BCUT2D eigenvalue weighted by atomic mass is 9.94. The van der Waals surface area contributed by atoms with E-state index in [0.717, 1.165) is 0 Å². The maximum atomic E-state index is 11.3. The minimum absolute atomic E-state index is 0.559. The first-order valence-corrected chi connectivity index (χ1v) is 17.8. The Morgan fingerprint density at radius 2 is 0.660 bits per heavy atom. The summed E-state index contributed by atoms with van der Waals surface area (Å²) in [4.78, 5) is 0. The summed E-state index contributed by atoms with van der Waals surface area (Å²) in [5.74, 6) is 0. The first-order valence-electron chi connectivity index (χ1n) is 17.8. The highest BCUT2D eigenvalue weighted by molar-refractivity contribution is 5.00. The van der Waals surface area contributed by atoms with Crippen LogP contribution in [0.5, 0.6) is 0 Å². The summed E-state index contributed by atoms with van der Waals surface area (Å²) in [6, 6.07) is -5.12. The molecule has 0 aromatic heterocycles. The summed E-state index contributed by atoms with van der Waals surface area (Å²) < 4.78 is 52.8. The van der Waals surface area contributed by atoms with E-state index >= 15 is 0 Å². The Balaban J connectivity index is 1.42. The lowest BCUT2D eigenvalue weighted by Crippen LogP contribution is -2.70. The standard InChI is InChI=1S/C32H62N4O17/c1-31(2,3)52-26-14(10-40)47-29(17(35)22(26)44)50-24-12(8-38)45-27(15(33)20(24)42)49-23-11(7-37)46-28(16(34)19(23)41)51-25-13(9-39)48-30(18(36)21(25)43)53-32(4,5)6/h11-30,37-44H,7-10,33-36H2,1-6H3. The van der Waals surface area contributed by atoms with Gasteiger partial charge in [-0.05, 0) is 41.5 Å². The third kappa shape index (κ3) is 10.4. The van der Waals surface area contributed by atoms with Crippen LogP contribution in [0.15, 0.2) is 0 Å². The van der Waals surface area contributed by atoms with Gasteiger partial charge in [-0.2, -0.15) is 0 Å². The summed E-state index contributed by atoms with van der Waals surface area (Å²) in [7, 11) is 0.